The van der Waals surface area contributed by atoms with Gasteiger partial charge in [-0.15, -0.1) is 12.6 Å². The van der Waals surface area contributed by atoms with Gasteiger partial charge in [0, 0.05) is 61.1 Å². The molecule has 0 aliphatic carbocycles. The number of ether oxygens (including phenoxy) is 2. The van der Waals surface area contributed by atoms with E-state index in [1.165, 1.54) is 6.07 Å². The lowest BCUT2D eigenvalue weighted by atomic mass is 9.98. The molecular formula is C32H39N3O5S. The summed E-state index contributed by atoms with van der Waals surface area (Å²) in [6, 6.07) is 15.0. The number of carbonyl (C=O) groups excluding carboxylic acids is 1. The summed E-state index contributed by atoms with van der Waals surface area (Å²) in [5.41, 5.74) is 4.64. The second-order valence-corrected chi connectivity index (χ2v) is 11.5. The number of nitrogens with zero attached hydrogens (tertiary/aromatic N) is 2. The molecule has 218 valence electrons. The minimum atomic E-state index is -0.107. The van der Waals surface area contributed by atoms with Crippen LogP contribution < -0.4 is 15.6 Å². The number of carbonyl (C=O) groups is 1. The van der Waals surface area contributed by atoms with Crippen molar-refractivity contribution < 1.29 is 18.7 Å². The van der Waals surface area contributed by atoms with Crippen molar-refractivity contribution in [3.05, 3.63) is 75.4 Å². The Morgan fingerprint density at radius 2 is 1.83 bits per heavy atom. The number of hydrogen-bond donors (Lipinski definition) is 2. The number of morpholine rings is 1. The van der Waals surface area contributed by atoms with Gasteiger partial charge in [0.1, 0.15) is 5.76 Å². The maximum Gasteiger partial charge on any atom is 0.238 e. The summed E-state index contributed by atoms with van der Waals surface area (Å²) in [6.07, 6.45) is 1.73. The fraction of sp³-hybridized carbons (Fsp3) is 0.438. The van der Waals surface area contributed by atoms with Crippen LogP contribution in [0.15, 0.2) is 62.6 Å². The van der Waals surface area contributed by atoms with Gasteiger partial charge in [0.2, 0.25) is 5.91 Å². The van der Waals surface area contributed by atoms with Crippen molar-refractivity contribution in [3.8, 4) is 11.3 Å². The highest BCUT2D eigenvalue weighted by atomic mass is 32.1. The molecule has 2 aliphatic rings. The highest BCUT2D eigenvalue weighted by Gasteiger charge is 2.24. The van der Waals surface area contributed by atoms with Gasteiger partial charge in [0.15, 0.2) is 11.3 Å². The fourth-order valence-electron chi connectivity index (χ4n) is 5.61. The summed E-state index contributed by atoms with van der Waals surface area (Å²) in [6.45, 7) is 10.7. The largest absolute Gasteiger partial charge is 0.440 e. The molecule has 0 spiro atoms. The average molecular weight is 578 g/mol. The summed E-state index contributed by atoms with van der Waals surface area (Å²) in [7, 11) is 0. The number of hydrogen-bond acceptors (Lipinski definition) is 8. The number of aryl methyl sites for hydroxylation is 1. The molecule has 0 bridgehead atoms. The third-order valence-corrected chi connectivity index (χ3v) is 8.08. The lowest BCUT2D eigenvalue weighted by molar-refractivity contribution is -0.121. The van der Waals surface area contributed by atoms with Crippen LogP contribution in [-0.2, 0) is 20.7 Å². The maximum absolute atomic E-state index is 12.8. The molecule has 2 fully saturated rings. The molecule has 1 N–H and O–H groups in total. The smallest absolute Gasteiger partial charge is 0.238 e. The Morgan fingerprint density at radius 3 is 2.63 bits per heavy atom. The van der Waals surface area contributed by atoms with Crippen LogP contribution in [0.4, 0.5) is 11.6 Å². The van der Waals surface area contributed by atoms with E-state index < -0.39 is 0 Å². The highest BCUT2D eigenvalue weighted by Crippen LogP contribution is 2.33. The molecule has 2 saturated heterocycles. The van der Waals surface area contributed by atoms with Gasteiger partial charge < -0.3 is 24.1 Å². The maximum atomic E-state index is 12.8. The monoisotopic (exact) mass is 577 g/mol. The van der Waals surface area contributed by atoms with Crippen LogP contribution >= 0.6 is 12.6 Å². The van der Waals surface area contributed by atoms with E-state index in [0.29, 0.717) is 44.4 Å². The Hall–Kier alpha value is -3.11. The molecule has 0 radical (unpaired) electrons. The molecule has 3 heterocycles. The van der Waals surface area contributed by atoms with Crippen molar-refractivity contribution in [2.24, 2.45) is 0 Å². The van der Waals surface area contributed by atoms with Crippen LogP contribution in [0, 0.1) is 6.92 Å². The highest BCUT2D eigenvalue weighted by molar-refractivity contribution is 7.80. The molecule has 9 heteroatoms. The lowest BCUT2D eigenvalue weighted by Crippen LogP contribution is -2.48. The first kappa shape index (κ1) is 29.4. The normalized spacial score (nSPS) is 20.0. The molecule has 1 aromatic heterocycles. The Balaban J connectivity index is 1.33. The van der Waals surface area contributed by atoms with E-state index in [0.717, 1.165) is 58.9 Å². The SMILES string of the molecule is Cc1ccc(NC(=O)CN2CC(C)OC(C)C2)cc1Cc1cccc(-c2cc(=O)cc(N3CCCOCC3)o2)c1S. The molecule has 3 aromatic rings. The molecule has 1 amide bonds. The first-order valence-electron chi connectivity index (χ1n) is 14.3. The minimum absolute atomic E-state index is 0.0381. The van der Waals surface area contributed by atoms with Crippen molar-refractivity contribution in [2.75, 3.05) is 56.2 Å². The quantitative estimate of drug-likeness (QED) is 0.392. The average Bonchev–Trinajstić information content (AvgIpc) is 3.20. The number of anilines is 2. The Labute approximate surface area is 247 Å². The summed E-state index contributed by atoms with van der Waals surface area (Å²) < 4.78 is 17.6. The van der Waals surface area contributed by atoms with Gasteiger partial charge in [-0.05, 0) is 62.4 Å². The fourth-order valence-corrected chi connectivity index (χ4v) is 5.95. The van der Waals surface area contributed by atoms with E-state index in [1.54, 1.807) is 6.07 Å². The van der Waals surface area contributed by atoms with Crippen LogP contribution in [0.3, 0.4) is 0 Å². The molecule has 5 rings (SSSR count). The zero-order chi connectivity index (χ0) is 28.9. The third kappa shape index (κ3) is 7.60. The zero-order valence-corrected chi connectivity index (χ0v) is 24.9. The zero-order valence-electron chi connectivity index (χ0n) is 24.0. The molecule has 2 atom stereocenters. The topological polar surface area (TPSA) is 84.3 Å². The van der Waals surface area contributed by atoms with E-state index in [-0.39, 0.29) is 23.5 Å². The number of benzene rings is 2. The predicted octanol–water partition coefficient (Wildman–Crippen LogP) is 4.77. The van der Waals surface area contributed by atoms with Gasteiger partial charge in [0.05, 0.1) is 25.4 Å². The molecule has 41 heavy (non-hydrogen) atoms. The van der Waals surface area contributed by atoms with Crippen molar-refractivity contribution in [2.45, 2.75) is 50.7 Å². The van der Waals surface area contributed by atoms with E-state index >= 15 is 0 Å². The third-order valence-electron chi connectivity index (χ3n) is 7.55. The van der Waals surface area contributed by atoms with E-state index in [2.05, 4.69) is 22.0 Å². The Kier molecular flexibility index (Phi) is 9.49. The Bertz CT molecular complexity index is 1420. The lowest BCUT2D eigenvalue weighted by Gasteiger charge is -2.34. The van der Waals surface area contributed by atoms with E-state index in [1.807, 2.05) is 50.2 Å². The van der Waals surface area contributed by atoms with Gasteiger partial charge in [0.25, 0.3) is 0 Å². The van der Waals surface area contributed by atoms with Crippen LogP contribution in [0.5, 0.6) is 0 Å². The summed E-state index contributed by atoms with van der Waals surface area (Å²) in [5, 5.41) is 3.07. The first-order chi connectivity index (χ1) is 19.7. The van der Waals surface area contributed by atoms with Gasteiger partial charge >= 0.3 is 0 Å². The number of rotatable bonds is 7. The van der Waals surface area contributed by atoms with Gasteiger partial charge in [-0.1, -0.05) is 24.3 Å². The Morgan fingerprint density at radius 1 is 1.02 bits per heavy atom. The molecule has 2 aromatic carbocycles. The molecule has 8 nitrogen and oxygen atoms in total. The standard InChI is InChI=1S/C32H39N3O5S/c1-21-8-9-26(33-30(37)20-34-18-22(2)39-23(3)19-34)15-25(21)14-24-6-4-7-28(32(24)41)29-16-27(36)17-31(40-29)35-10-5-12-38-13-11-35/h4,6-9,15-17,22-23,41H,5,10-14,18-20H2,1-3H3,(H,33,37). The molecule has 2 unspecified atom stereocenters. The summed E-state index contributed by atoms with van der Waals surface area (Å²) in [4.78, 5) is 30.4. The second kappa shape index (κ2) is 13.2. The van der Waals surface area contributed by atoms with Crippen LogP contribution in [0.1, 0.15) is 37.0 Å². The van der Waals surface area contributed by atoms with Gasteiger partial charge in [-0.25, -0.2) is 0 Å². The summed E-state index contributed by atoms with van der Waals surface area (Å²) >= 11 is 4.89. The minimum Gasteiger partial charge on any atom is -0.440 e. The van der Waals surface area contributed by atoms with Crippen molar-refractivity contribution in [1.29, 1.82) is 0 Å². The van der Waals surface area contributed by atoms with Crippen LogP contribution in [0.25, 0.3) is 11.3 Å². The summed E-state index contributed by atoms with van der Waals surface area (Å²) in [5.74, 6) is 1.01. The van der Waals surface area contributed by atoms with Crippen molar-refractivity contribution >= 4 is 30.1 Å². The first-order valence-corrected chi connectivity index (χ1v) is 14.8. The second-order valence-electron chi connectivity index (χ2n) is 11.1. The van der Waals surface area contributed by atoms with E-state index in [4.69, 9.17) is 26.5 Å². The van der Waals surface area contributed by atoms with Gasteiger partial charge in [-0.2, -0.15) is 0 Å². The number of amides is 1. The van der Waals surface area contributed by atoms with E-state index in [9.17, 15) is 9.59 Å². The number of thiol groups is 1. The predicted molar refractivity (Wildman–Crippen MR) is 164 cm³/mol. The van der Waals surface area contributed by atoms with Gasteiger partial charge in [-0.3, -0.25) is 14.5 Å². The number of nitrogens with one attached hydrogen (secondary N) is 1. The van der Waals surface area contributed by atoms with Crippen LogP contribution in [-0.4, -0.2) is 69.0 Å². The van der Waals surface area contributed by atoms with Crippen molar-refractivity contribution in [1.82, 2.24) is 4.90 Å². The van der Waals surface area contributed by atoms with Crippen molar-refractivity contribution in [3.63, 3.8) is 0 Å². The van der Waals surface area contributed by atoms with Crippen LogP contribution in [0.2, 0.25) is 0 Å². The molecule has 2 aliphatic heterocycles. The molecular weight excluding hydrogens is 538 g/mol. The molecule has 0 saturated carbocycles.